The summed E-state index contributed by atoms with van der Waals surface area (Å²) in [4.78, 5) is 0. The zero-order valence-electron chi connectivity index (χ0n) is 10.6. The van der Waals surface area contributed by atoms with E-state index in [1.807, 2.05) is 25.1 Å². The lowest BCUT2D eigenvalue weighted by atomic mass is 10.0. The highest BCUT2D eigenvalue weighted by Gasteiger charge is 2.29. The summed E-state index contributed by atoms with van der Waals surface area (Å²) in [5.74, 6) is 0. The fraction of sp³-hybridized carbons (Fsp3) is 0.133. The molecule has 0 radical (unpaired) electrons. The van der Waals surface area contributed by atoms with Gasteiger partial charge in [0.2, 0.25) is 0 Å². The molecule has 2 nitrogen and oxygen atoms in total. The van der Waals surface area contributed by atoms with Crippen LogP contribution < -0.4 is 0 Å². The molecule has 102 valence electrons. The van der Waals surface area contributed by atoms with Crippen molar-refractivity contribution in [2.24, 2.45) is 0 Å². The normalized spacial score (nSPS) is 12.0. The Morgan fingerprint density at radius 3 is 2.25 bits per heavy atom. The van der Waals surface area contributed by atoms with Gasteiger partial charge in [-0.15, -0.1) is 0 Å². The Balaban J connectivity index is 2.02. The molecule has 0 atom stereocenters. The van der Waals surface area contributed by atoms with E-state index in [1.165, 1.54) is 12.1 Å². The second-order valence-corrected chi connectivity index (χ2v) is 4.66. The van der Waals surface area contributed by atoms with Crippen LogP contribution in [0.25, 0.3) is 22.0 Å². The van der Waals surface area contributed by atoms with Crippen molar-refractivity contribution in [3.05, 3.63) is 53.7 Å². The molecule has 3 aromatic rings. The summed E-state index contributed by atoms with van der Waals surface area (Å²) in [6.07, 6.45) is -4.30. The largest absolute Gasteiger partial charge is 0.416 e. The number of rotatable bonds is 1. The van der Waals surface area contributed by atoms with Crippen LogP contribution in [0.3, 0.4) is 0 Å². The SMILES string of the molecule is Cc1[nH]nc2cc(-c3ccc(C(F)(F)F)cc3)ccc12. The van der Waals surface area contributed by atoms with Crippen LogP contribution in [0.15, 0.2) is 42.5 Å². The van der Waals surface area contributed by atoms with Gasteiger partial charge >= 0.3 is 6.18 Å². The Morgan fingerprint density at radius 1 is 0.950 bits per heavy atom. The first kappa shape index (κ1) is 12.7. The molecule has 1 N–H and O–H groups in total. The van der Waals surface area contributed by atoms with Gasteiger partial charge in [-0.2, -0.15) is 18.3 Å². The van der Waals surface area contributed by atoms with E-state index >= 15 is 0 Å². The Kier molecular flexibility index (Phi) is 2.78. The summed E-state index contributed by atoms with van der Waals surface area (Å²) in [6, 6.07) is 10.8. The van der Waals surface area contributed by atoms with Crippen molar-refractivity contribution in [3.63, 3.8) is 0 Å². The standard InChI is InChI=1S/C15H11F3N2/c1-9-13-7-4-11(8-14(13)20-19-9)10-2-5-12(6-3-10)15(16,17)18/h2-8H,1H3,(H,19,20). The van der Waals surface area contributed by atoms with Crippen LogP contribution in [0, 0.1) is 6.92 Å². The number of alkyl halides is 3. The third-order valence-electron chi connectivity index (χ3n) is 3.29. The number of benzene rings is 2. The van der Waals surface area contributed by atoms with Gasteiger partial charge in [-0.25, -0.2) is 0 Å². The minimum absolute atomic E-state index is 0.641. The Hall–Kier alpha value is -2.30. The monoisotopic (exact) mass is 276 g/mol. The lowest BCUT2D eigenvalue weighted by Crippen LogP contribution is -2.03. The molecule has 20 heavy (non-hydrogen) atoms. The summed E-state index contributed by atoms with van der Waals surface area (Å²) in [7, 11) is 0. The molecule has 1 aromatic heterocycles. The molecule has 0 aliphatic rings. The highest BCUT2D eigenvalue weighted by molar-refractivity contribution is 5.86. The van der Waals surface area contributed by atoms with Gasteiger partial charge < -0.3 is 0 Å². The van der Waals surface area contributed by atoms with Crippen LogP contribution >= 0.6 is 0 Å². The summed E-state index contributed by atoms with van der Waals surface area (Å²) in [5.41, 5.74) is 2.72. The van der Waals surface area contributed by atoms with E-state index in [0.29, 0.717) is 0 Å². The summed E-state index contributed by atoms with van der Waals surface area (Å²) >= 11 is 0. The van der Waals surface area contributed by atoms with E-state index < -0.39 is 11.7 Å². The maximum Gasteiger partial charge on any atom is 0.416 e. The number of fused-ring (bicyclic) bond motifs is 1. The Bertz CT molecular complexity index is 755. The van der Waals surface area contributed by atoms with Crippen LogP contribution in [0.5, 0.6) is 0 Å². The van der Waals surface area contributed by atoms with E-state index in [4.69, 9.17) is 0 Å². The second-order valence-electron chi connectivity index (χ2n) is 4.66. The van der Waals surface area contributed by atoms with Crippen LogP contribution in [0.1, 0.15) is 11.3 Å². The number of aryl methyl sites for hydroxylation is 1. The lowest BCUT2D eigenvalue weighted by Gasteiger charge is -2.07. The van der Waals surface area contributed by atoms with Gasteiger partial charge in [0.05, 0.1) is 11.1 Å². The maximum absolute atomic E-state index is 12.5. The molecule has 0 amide bonds. The van der Waals surface area contributed by atoms with Crippen LogP contribution in [0.2, 0.25) is 0 Å². The second kappa shape index (κ2) is 4.37. The van der Waals surface area contributed by atoms with E-state index in [-0.39, 0.29) is 0 Å². The zero-order chi connectivity index (χ0) is 14.3. The number of hydrogen-bond acceptors (Lipinski definition) is 1. The molecule has 0 saturated carbocycles. The number of nitrogens with zero attached hydrogens (tertiary/aromatic N) is 1. The van der Waals surface area contributed by atoms with Gasteiger partial charge in [0.1, 0.15) is 0 Å². The Morgan fingerprint density at radius 2 is 1.60 bits per heavy atom. The molecule has 0 unspecified atom stereocenters. The number of nitrogens with one attached hydrogen (secondary N) is 1. The average molecular weight is 276 g/mol. The van der Waals surface area contributed by atoms with E-state index in [9.17, 15) is 13.2 Å². The van der Waals surface area contributed by atoms with E-state index in [2.05, 4.69) is 10.2 Å². The molecule has 0 aliphatic heterocycles. The van der Waals surface area contributed by atoms with Crippen molar-refractivity contribution in [2.45, 2.75) is 13.1 Å². The maximum atomic E-state index is 12.5. The molecular weight excluding hydrogens is 265 g/mol. The molecule has 1 heterocycles. The Labute approximate surface area is 113 Å². The van der Waals surface area contributed by atoms with Gasteiger partial charge in [-0.05, 0) is 36.2 Å². The van der Waals surface area contributed by atoms with Crippen molar-refractivity contribution in [1.29, 1.82) is 0 Å². The van der Waals surface area contributed by atoms with Crippen molar-refractivity contribution in [3.8, 4) is 11.1 Å². The topological polar surface area (TPSA) is 28.7 Å². The van der Waals surface area contributed by atoms with Gasteiger partial charge in [0, 0.05) is 11.1 Å². The van der Waals surface area contributed by atoms with Crippen molar-refractivity contribution in [2.75, 3.05) is 0 Å². The van der Waals surface area contributed by atoms with Crippen LogP contribution in [-0.2, 0) is 6.18 Å². The first-order valence-electron chi connectivity index (χ1n) is 6.07. The summed E-state index contributed by atoms with van der Waals surface area (Å²) in [6.45, 7) is 1.92. The van der Waals surface area contributed by atoms with Crippen molar-refractivity contribution < 1.29 is 13.2 Å². The minimum Gasteiger partial charge on any atom is -0.282 e. The first-order chi connectivity index (χ1) is 9.45. The lowest BCUT2D eigenvalue weighted by molar-refractivity contribution is -0.137. The quantitative estimate of drug-likeness (QED) is 0.693. The zero-order valence-corrected chi connectivity index (χ0v) is 10.6. The predicted octanol–water partition coefficient (Wildman–Crippen LogP) is 4.56. The molecule has 0 saturated heterocycles. The first-order valence-corrected chi connectivity index (χ1v) is 6.07. The number of aromatic nitrogens is 2. The van der Waals surface area contributed by atoms with Gasteiger partial charge in [0.25, 0.3) is 0 Å². The van der Waals surface area contributed by atoms with Crippen molar-refractivity contribution >= 4 is 10.9 Å². The highest BCUT2D eigenvalue weighted by Crippen LogP contribution is 2.31. The summed E-state index contributed by atoms with van der Waals surface area (Å²) in [5, 5.41) is 8.06. The van der Waals surface area contributed by atoms with Gasteiger partial charge in [0.15, 0.2) is 0 Å². The minimum atomic E-state index is -4.30. The molecule has 5 heteroatoms. The fourth-order valence-electron chi connectivity index (χ4n) is 2.18. The summed E-state index contributed by atoms with van der Waals surface area (Å²) < 4.78 is 37.6. The molecule has 0 bridgehead atoms. The third-order valence-corrected chi connectivity index (χ3v) is 3.29. The third kappa shape index (κ3) is 2.15. The van der Waals surface area contributed by atoms with Gasteiger partial charge in [-0.3, -0.25) is 5.10 Å². The predicted molar refractivity (Wildman–Crippen MR) is 71.3 cm³/mol. The molecule has 0 aliphatic carbocycles. The van der Waals surface area contributed by atoms with E-state index in [1.54, 1.807) is 0 Å². The highest BCUT2D eigenvalue weighted by atomic mass is 19.4. The van der Waals surface area contributed by atoms with Gasteiger partial charge in [-0.1, -0.05) is 24.3 Å². The molecule has 2 aromatic carbocycles. The molecule has 3 rings (SSSR count). The number of H-pyrrole nitrogens is 1. The number of halogens is 3. The smallest absolute Gasteiger partial charge is 0.282 e. The number of aromatic amines is 1. The van der Waals surface area contributed by atoms with Crippen LogP contribution in [0.4, 0.5) is 13.2 Å². The average Bonchev–Trinajstić information content (AvgIpc) is 2.79. The molecule has 0 fully saturated rings. The van der Waals surface area contributed by atoms with E-state index in [0.717, 1.165) is 39.9 Å². The van der Waals surface area contributed by atoms with Crippen LogP contribution in [-0.4, -0.2) is 10.2 Å². The molecule has 0 spiro atoms. The van der Waals surface area contributed by atoms with Crippen molar-refractivity contribution in [1.82, 2.24) is 10.2 Å². The number of hydrogen-bond donors (Lipinski definition) is 1. The molecular formula is C15H11F3N2. The fourth-order valence-corrected chi connectivity index (χ4v) is 2.18.